The van der Waals surface area contributed by atoms with E-state index in [4.69, 9.17) is 0 Å². The minimum atomic E-state index is 0.234. The predicted octanol–water partition coefficient (Wildman–Crippen LogP) is 3.44. The monoisotopic (exact) mass is 307 g/mol. The summed E-state index contributed by atoms with van der Waals surface area (Å²) in [6, 6.07) is 0. The fourth-order valence-electron chi connectivity index (χ4n) is 2.87. The molecule has 2 fully saturated rings. The molecule has 1 amide bonds. The molecule has 2 nitrogen and oxygen atoms in total. The van der Waals surface area contributed by atoms with Crippen molar-refractivity contribution < 1.29 is 4.79 Å². The van der Waals surface area contributed by atoms with E-state index < -0.39 is 0 Å². The second kappa shape index (κ2) is 3.99. The zero-order valence-corrected chi connectivity index (χ0v) is 10.9. The number of nitrogens with zero attached hydrogens (tertiary/aromatic N) is 1. The van der Waals surface area contributed by atoms with Crippen molar-refractivity contribution in [1.82, 2.24) is 4.90 Å². The minimum Gasteiger partial charge on any atom is -0.334 e. The van der Waals surface area contributed by atoms with Crippen LogP contribution < -0.4 is 0 Å². The van der Waals surface area contributed by atoms with E-state index in [1.165, 1.54) is 32.1 Å². The summed E-state index contributed by atoms with van der Waals surface area (Å²) in [5.74, 6) is 0.907. The number of rotatable bonds is 0. The van der Waals surface area contributed by atoms with E-state index in [2.05, 4.69) is 6.92 Å². The average molecular weight is 307 g/mol. The summed E-state index contributed by atoms with van der Waals surface area (Å²) < 4.78 is 0.234. The van der Waals surface area contributed by atoms with Gasteiger partial charge in [-0.15, -0.1) is 0 Å². The number of amides is 1. The Morgan fingerprint density at radius 3 is 2.50 bits per heavy atom. The van der Waals surface area contributed by atoms with E-state index in [0.29, 0.717) is 5.41 Å². The fraction of sp³-hybridized carbons (Fsp3) is 0.909. The zero-order chi connectivity index (χ0) is 10.2. The Kier molecular flexibility index (Phi) is 3.05. The molecule has 1 saturated heterocycles. The molecular formula is C11H18INO. The number of hydrogen-bond acceptors (Lipinski definition) is 1. The molecule has 0 aromatic carbocycles. The third-order valence-electron chi connectivity index (χ3n) is 4.02. The van der Waals surface area contributed by atoms with Gasteiger partial charge in [-0.3, -0.25) is 4.79 Å². The van der Waals surface area contributed by atoms with Gasteiger partial charge in [0.25, 0.3) is 3.91 Å². The predicted molar refractivity (Wildman–Crippen MR) is 65.7 cm³/mol. The molecular weight excluding hydrogens is 289 g/mol. The lowest BCUT2D eigenvalue weighted by Crippen LogP contribution is -2.31. The van der Waals surface area contributed by atoms with Crippen LogP contribution in [0.25, 0.3) is 0 Å². The molecule has 1 heterocycles. The molecule has 2 rings (SSSR count). The van der Waals surface area contributed by atoms with Crippen LogP contribution in [-0.2, 0) is 0 Å². The first-order valence-electron chi connectivity index (χ1n) is 5.56. The van der Waals surface area contributed by atoms with E-state index in [1.54, 1.807) is 0 Å². The first-order valence-corrected chi connectivity index (χ1v) is 6.64. The molecule has 1 aliphatic carbocycles. The van der Waals surface area contributed by atoms with Gasteiger partial charge >= 0.3 is 0 Å². The Morgan fingerprint density at radius 2 is 2.00 bits per heavy atom. The summed E-state index contributed by atoms with van der Waals surface area (Å²) in [6.45, 7) is 4.38. The van der Waals surface area contributed by atoms with Crippen LogP contribution in [0.1, 0.15) is 39.0 Å². The van der Waals surface area contributed by atoms with Gasteiger partial charge < -0.3 is 4.90 Å². The molecule has 0 atom stereocenters. The zero-order valence-electron chi connectivity index (χ0n) is 8.76. The molecule has 0 aromatic rings. The molecule has 0 unspecified atom stereocenters. The molecule has 1 aliphatic heterocycles. The quantitative estimate of drug-likeness (QED) is 0.381. The highest BCUT2D eigenvalue weighted by Crippen LogP contribution is 2.45. The van der Waals surface area contributed by atoms with Gasteiger partial charge in [0.05, 0.1) is 0 Å². The molecule has 0 aromatic heterocycles. The normalized spacial score (nSPS) is 37.9. The summed E-state index contributed by atoms with van der Waals surface area (Å²) in [5, 5.41) is 0. The highest BCUT2D eigenvalue weighted by molar-refractivity contribution is 14.1. The molecule has 0 radical (unpaired) electrons. The Morgan fingerprint density at radius 1 is 1.36 bits per heavy atom. The topological polar surface area (TPSA) is 20.3 Å². The fourth-order valence-corrected chi connectivity index (χ4v) is 3.28. The standard InChI is InChI=1S/C11H18INO/c1-9-2-4-11(5-3-9)6-7-13(8-11)10(12)14/h9H,2-8H2,1H3. The number of hydrogen-bond donors (Lipinski definition) is 0. The van der Waals surface area contributed by atoms with Crippen molar-refractivity contribution in [2.24, 2.45) is 11.3 Å². The highest BCUT2D eigenvalue weighted by atomic mass is 127. The van der Waals surface area contributed by atoms with Crippen molar-refractivity contribution in [3.05, 3.63) is 0 Å². The van der Waals surface area contributed by atoms with Crippen LogP contribution in [-0.4, -0.2) is 21.9 Å². The summed E-state index contributed by atoms with van der Waals surface area (Å²) in [4.78, 5) is 13.3. The second-order valence-electron chi connectivity index (χ2n) is 5.11. The second-order valence-corrected chi connectivity index (χ2v) is 6.03. The number of halogens is 1. The SMILES string of the molecule is CC1CCC2(CC1)CCN(C(=O)I)C2. The van der Waals surface area contributed by atoms with Crippen LogP contribution in [0.2, 0.25) is 0 Å². The third kappa shape index (κ3) is 2.07. The molecule has 2 aliphatic rings. The summed E-state index contributed by atoms with van der Waals surface area (Å²) in [7, 11) is 0. The molecule has 1 spiro atoms. The Hall–Kier alpha value is 0.200. The van der Waals surface area contributed by atoms with E-state index in [-0.39, 0.29) is 3.91 Å². The molecule has 0 bridgehead atoms. The molecule has 1 saturated carbocycles. The van der Waals surface area contributed by atoms with Crippen molar-refractivity contribution in [3.63, 3.8) is 0 Å². The van der Waals surface area contributed by atoms with Crippen molar-refractivity contribution in [3.8, 4) is 0 Å². The van der Waals surface area contributed by atoms with E-state index in [9.17, 15) is 4.79 Å². The highest BCUT2D eigenvalue weighted by Gasteiger charge is 2.41. The maximum atomic E-state index is 11.2. The van der Waals surface area contributed by atoms with E-state index in [1.807, 2.05) is 27.5 Å². The van der Waals surface area contributed by atoms with Gasteiger partial charge in [0.1, 0.15) is 0 Å². The summed E-state index contributed by atoms with van der Waals surface area (Å²) in [5.41, 5.74) is 0.507. The first kappa shape index (κ1) is 10.7. The molecule has 14 heavy (non-hydrogen) atoms. The van der Waals surface area contributed by atoms with Crippen molar-refractivity contribution in [1.29, 1.82) is 0 Å². The Bertz CT molecular complexity index is 233. The van der Waals surface area contributed by atoms with Gasteiger partial charge in [0.2, 0.25) is 0 Å². The van der Waals surface area contributed by atoms with Crippen LogP contribution >= 0.6 is 22.6 Å². The van der Waals surface area contributed by atoms with Gasteiger partial charge in [0, 0.05) is 35.7 Å². The largest absolute Gasteiger partial charge is 0.334 e. The minimum absolute atomic E-state index is 0.234. The van der Waals surface area contributed by atoms with Crippen molar-refractivity contribution in [2.75, 3.05) is 13.1 Å². The van der Waals surface area contributed by atoms with E-state index >= 15 is 0 Å². The van der Waals surface area contributed by atoms with Crippen molar-refractivity contribution >= 4 is 26.5 Å². The number of carbonyl (C=O) groups excluding carboxylic acids is 1. The average Bonchev–Trinajstić information content (AvgIpc) is 2.56. The van der Waals surface area contributed by atoms with Crippen LogP contribution in [0, 0.1) is 11.3 Å². The smallest absolute Gasteiger partial charge is 0.283 e. The van der Waals surface area contributed by atoms with Gasteiger partial charge in [-0.1, -0.05) is 19.8 Å². The lowest BCUT2D eigenvalue weighted by atomic mass is 9.70. The lowest BCUT2D eigenvalue weighted by molar-refractivity contribution is 0.163. The lowest BCUT2D eigenvalue weighted by Gasteiger charge is -2.35. The Balaban J connectivity index is 1.96. The Labute approximate surface area is 99.6 Å². The molecule has 3 heteroatoms. The van der Waals surface area contributed by atoms with Crippen LogP contribution in [0.15, 0.2) is 0 Å². The third-order valence-corrected chi connectivity index (χ3v) is 4.70. The van der Waals surface area contributed by atoms with Crippen LogP contribution in [0.5, 0.6) is 0 Å². The van der Waals surface area contributed by atoms with Gasteiger partial charge in [-0.05, 0) is 30.6 Å². The van der Waals surface area contributed by atoms with Crippen LogP contribution in [0.4, 0.5) is 4.79 Å². The summed E-state index contributed by atoms with van der Waals surface area (Å²) >= 11 is 1.92. The molecule has 80 valence electrons. The molecule has 0 N–H and O–H groups in total. The van der Waals surface area contributed by atoms with Gasteiger partial charge in [-0.25, -0.2) is 0 Å². The van der Waals surface area contributed by atoms with Gasteiger partial charge in [0.15, 0.2) is 0 Å². The number of carbonyl (C=O) groups is 1. The number of likely N-dealkylation sites (tertiary alicyclic amines) is 1. The van der Waals surface area contributed by atoms with E-state index in [0.717, 1.165) is 19.0 Å². The maximum absolute atomic E-state index is 11.2. The van der Waals surface area contributed by atoms with Crippen LogP contribution in [0.3, 0.4) is 0 Å². The van der Waals surface area contributed by atoms with Crippen molar-refractivity contribution in [2.45, 2.75) is 39.0 Å². The summed E-state index contributed by atoms with van der Waals surface area (Å²) in [6.07, 6.45) is 6.66. The van der Waals surface area contributed by atoms with Gasteiger partial charge in [-0.2, -0.15) is 0 Å². The maximum Gasteiger partial charge on any atom is 0.283 e. The first-order chi connectivity index (χ1) is 6.61.